The normalized spacial score (nSPS) is 11.8. The Balaban J connectivity index is 1.94. The van der Waals surface area contributed by atoms with Crippen LogP contribution < -0.4 is 16.2 Å². The van der Waals surface area contributed by atoms with E-state index in [1.165, 1.54) is 41.3 Å². The Bertz CT molecular complexity index is 911. The van der Waals surface area contributed by atoms with E-state index in [4.69, 9.17) is 11.5 Å². The highest BCUT2D eigenvalue weighted by Gasteiger charge is 2.31. The number of hydrogen-bond acceptors (Lipinski definition) is 7. The van der Waals surface area contributed by atoms with Crippen molar-refractivity contribution in [1.82, 2.24) is 9.97 Å². The Morgan fingerprint density at radius 1 is 1.21 bits per heavy atom. The molecule has 2 heterocycles. The van der Waals surface area contributed by atoms with Crippen molar-refractivity contribution in [3.05, 3.63) is 29.8 Å². The summed E-state index contributed by atoms with van der Waals surface area (Å²) in [6.45, 7) is 1.85. The zero-order chi connectivity index (χ0) is 17.5. The lowest BCUT2D eigenvalue weighted by molar-refractivity contribution is -0.274. The quantitative estimate of drug-likeness (QED) is 0.716. The molecular formula is C14H11F3N4OS2. The molecule has 0 radical (unpaired) electrons. The number of hydrogen-bond donors (Lipinski definition) is 2. The zero-order valence-electron chi connectivity index (χ0n) is 12.2. The van der Waals surface area contributed by atoms with Crippen molar-refractivity contribution in [2.45, 2.75) is 22.4 Å². The fraction of sp³-hybridized carbons (Fsp3) is 0.143. The van der Waals surface area contributed by atoms with Gasteiger partial charge in [0.25, 0.3) is 0 Å². The molecule has 24 heavy (non-hydrogen) atoms. The van der Waals surface area contributed by atoms with Gasteiger partial charge in [-0.15, -0.1) is 24.5 Å². The first kappa shape index (κ1) is 16.7. The van der Waals surface area contributed by atoms with Crippen LogP contribution in [0.5, 0.6) is 5.75 Å². The maximum Gasteiger partial charge on any atom is 0.573 e. The van der Waals surface area contributed by atoms with Gasteiger partial charge in [0.1, 0.15) is 16.4 Å². The topological polar surface area (TPSA) is 87.0 Å². The van der Waals surface area contributed by atoms with E-state index in [2.05, 4.69) is 14.7 Å². The number of aromatic nitrogens is 2. The highest BCUT2D eigenvalue weighted by atomic mass is 32.2. The number of halogens is 3. The van der Waals surface area contributed by atoms with Crippen LogP contribution in [0.3, 0.4) is 0 Å². The molecule has 0 saturated heterocycles. The first-order chi connectivity index (χ1) is 11.2. The molecule has 0 spiro atoms. The third-order valence-electron chi connectivity index (χ3n) is 3.04. The summed E-state index contributed by atoms with van der Waals surface area (Å²) >= 11 is 2.66. The molecule has 4 N–H and O–H groups in total. The maximum absolute atomic E-state index is 12.3. The minimum Gasteiger partial charge on any atom is -0.406 e. The van der Waals surface area contributed by atoms with Crippen LogP contribution in [-0.4, -0.2) is 16.3 Å². The number of rotatable bonds is 3. The minimum absolute atomic E-state index is 0.0818. The van der Waals surface area contributed by atoms with Gasteiger partial charge in [0, 0.05) is 4.90 Å². The number of benzene rings is 1. The second-order valence-corrected chi connectivity index (χ2v) is 7.13. The van der Waals surface area contributed by atoms with E-state index in [-0.39, 0.29) is 17.5 Å². The van der Waals surface area contributed by atoms with Crippen LogP contribution in [0.25, 0.3) is 10.2 Å². The van der Waals surface area contributed by atoms with E-state index >= 15 is 0 Å². The summed E-state index contributed by atoms with van der Waals surface area (Å²) in [7, 11) is 0. The van der Waals surface area contributed by atoms with Gasteiger partial charge in [-0.05, 0) is 30.7 Å². The van der Waals surface area contributed by atoms with Crippen LogP contribution in [0.1, 0.15) is 5.56 Å². The van der Waals surface area contributed by atoms with Gasteiger partial charge in [-0.25, -0.2) is 4.98 Å². The van der Waals surface area contributed by atoms with Gasteiger partial charge in [-0.3, -0.25) is 0 Å². The Morgan fingerprint density at radius 3 is 2.67 bits per heavy atom. The summed E-state index contributed by atoms with van der Waals surface area (Å²) in [4.78, 5) is 9.32. The fourth-order valence-corrected chi connectivity index (χ4v) is 4.52. The first-order valence-electron chi connectivity index (χ1n) is 6.58. The standard InChI is InChI=1S/C14H11F3N4OS2/c1-6-9-10(18)20-13(19)21-11(9)24-12(6)23-8-4-2-3-7(5-8)22-14(15,16)17/h2-5H,1H3,(H4,18,19,20,21). The van der Waals surface area contributed by atoms with Gasteiger partial charge in [-0.2, -0.15) is 4.98 Å². The molecule has 2 aromatic heterocycles. The summed E-state index contributed by atoms with van der Waals surface area (Å²) < 4.78 is 41.7. The highest BCUT2D eigenvalue weighted by molar-refractivity contribution is 8.01. The van der Waals surface area contributed by atoms with Gasteiger partial charge < -0.3 is 16.2 Å². The largest absolute Gasteiger partial charge is 0.573 e. The second kappa shape index (κ2) is 6.02. The summed E-state index contributed by atoms with van der Waals surface area (Å²) in [5, 5.41) is 0.708. The van der Waals surface area contributed by atoms with E-state index in [0.717, 1.165) is 9.77 Å². The molecule has 126 valence electrons. The lowest BCUT2D eigenvalue weighted by atomic mass is 10.2. The lowest BCUT2D eigenvalue weighted by Crippen LogP contribution is -2.17. The summed E-state index contributed by atoms with van der Waals surface area (Å²) in [5.74, 6) is 0.0976. The van der Waals surface area contributed by atoms with E-state index in [1.807, 2.05) is 6.92 Å². The van der Waals surface area contributed by atoms with Crippen molar-refractivity contribution < 1.29 is 17.9 Å². The monoisotopic (exact) mass is 372 g/mol. The Labute approximate surface area is 142 Å². The van der Waals surface area contributed by atoms with Crippen molar-refractivity contribution in [1.29, 1.82) is 0 Å². The number of thiophene rings is 1. The Morgan fingerprint density at radius 2 is 1.96 bits per heavy atom. The predicted octanol–water partition coefficient (Wildman–Crippen LogP) is 4.21. The molecule has 3 rings (SSSR count). The molecule has 0 fully saturated rings. The molecule has 0 atom stereocenters. The van der Waals surface area contributed by atoms with Crippen molar-refractivity contribution in [3.8, 4) is 5.75 Å². The van der Waals surface area contributed by atoms with Crippen LogP contribution in [0.15, 0.2) is 33.4 Å². The molecule has 0 saturated carbocycles. The lowest BCUT2D eigenvalue weighted by Gasteiger charge is -2.09. The first-order valence-corrected chi connectivity index (χ1v) is 8.22. The number of anilines is 2. The summed E-state index contributed by atoms with van der Waals surface area (Å²) in [5.41, 5.74) is 12.3. The third kappa shape index (κ3) is 3.49. The van der Waals surface area contributed by atoms with Crippen LogP contribution >= 0.6 is 23.1 Å². The minimum atomic E-state index is -4.72. The number of nitrogens with zero attached hydrogens (tertiary/aromatic N) is 2. The molecule has 3 aromatic rings. The molecular weight excluding hydrogens is 361 g/mol. The van der Waals surface area contributed by atoms with Crippen molar-refractivity contribution in [2.75, 3.05) is 11.5 Å². The van der Waals surface area contributed by atoms with Crippen molar-refractivity contribution in [2.24, 2.45) is 0 Å². The predicted molar refractivity (Wildman–Crippen MR) is 88.2 cm³/mol. The molecule has 0 amide bonds. The summed E-state index contributed by atoms with van der Waals surface area (Å²) in [6.07, 6.45) is -4.72. The molecule has 1 aromatic carbocycles. The van der Waals surface area contributed by atoms with E-state index in [9.17, 15) is 13.2 Å². The summed E-state index contributed by atoms with van der Waals surface area (Å²) in [6, 6.07) is 5.77. The SMILES string of the molecule is Cc1c(Sc2cccc(OC(F)(F)F)c2)sc2nc(N)nc(N)c12. The van der Waals surface area contributed by atoms with E-state index in [0.29, 0.717) is 15.1 Å². The third-order valence-corrected chi connectivity index (χ3v) is 5.50. The van der Waals surface area contributed by atoms with Gasteiger partial charge in [0.05, 0.1) is 9.60 Å². The second-order valence-electron chi connectivity index (χ2n) is 4.79. The number of ether oxygens (including phenoxy) is 1. The average molecular weight is 372 g/mol. The molecule has 0 aliphatic carbocycles. The zero-order valence-corrected chi connectivity index (χ0v) is 13.9. The van der Waals surface area contributed by atoms with Crippen molar-refractivity contribution >= 4 is 45.1 Å². The Hall–Kier alpha value is -2.20. The number of nitrogens with two attached hydrogens (primary N) is 2. The van der Waals surface area contributed by atoms with Crippen molar-refractivity contribution in [3.63, 3.8) is 0 Å². The molecule has 0 aliphatic rings. The number of fused-ring (bicyclic) bond motifs is 1. The Kier molecular flexibility index (Phi) is 4.18. The fourth-order valence-electron chi connectivity index (χ4n) is 2.11. The van der Waals surface area contributed by atoms with Crippen LogP contribution in [-0.2, 0) is 0 Å². The average Bonchev–Trinajstić information content (AvgIpc) is 2.73. The van der Waals surface area contributed by atoms with Crippen LogP contribution in [0.4, 0.5) is 24.9 Å². The van der Waals surface area contributed by atoms with Crippen LogP contribution in [0, 0.1) is 6.92 Å². The number of aryl methyl sites for hydroxylation is 1. The molecule has 0 bridgehead atoms. The highest BCUT2D eigenvalue weighted by Crippen LogP contribution is 2.42. The van der Waals surface area contributed by atoms with Gasteiger partial charge in [0.2, 0.25) is 5.95 Å². The van der Waals surface area contributed by atoms with E-state index in [1.54, 1.807) is 6.07 Å². The smallest absolute Gasteiger partial charge is 0.406 e. The van der Waals surface area contributed by atoms with Crippen LogP contribution in [0.2, 0.25) is 0 Å². The van der Waals surface area contributed by atoms with Gasteiger partial charge in [-0.1, -0.05) is 17.8 Å². The van der Waals surface area contributed by atoms with E-state index < -0.39 is 6.36 Å². The molecule has 0 aliphatic heterocycles. The maximum atomic E-state index is 12.3. The number of nitrogen functional groups attached to an aromatic ring is 2. The molecule has 5 nitrogen and oxygen atoms in total. The van der Waals surface area contributed by atoms with Gasteiger partial charge >= 0.3 is 6.36 Å². The molecule has 0 unspecified atom stereocenters. The van der Waals surface area contributed by atoms with Gasteiger partial charge in [0.15, 0.2) is 0 Å². The number of alkyl halides is 3. The molecule has 10 heteroatoms.